The highest BCUT2D eigenvalue weighted by Crippen LogP contribution is 2.33. The molecule has 1 atom stereocenters. The van der Waals surface area contributed by atoms with Gasteiger partial charge in [0.2, 0.25) is 5.91 Å². The molecular weight excluding hydrogens is 316 g/mol. The van der Waals surface area contributed by atoms with Crippen LogP contribution in [0.1, 0.15) is 6.42 Å². The van der Waals surface area contributed by atoms with Crippen LogP contribution in [0.15, 0.2) is 48.5 Å². The molecule has 118 valence electrons. The molecule has 1 N–H and O–H groups in total. The first-order valence-corrected chi connectivity index (χ1v) is 7.50. The largest absolute Gasteiger partial charge is 0.495 e. The Labute approximate surface area is 138 Å². The maximum atomic E-state index is 12.6. The third kappa shape index (κ3) is 2.87. The van der Waals surface area contributed by atoms with Gasteiger partial charge in [-0.05, 0) is 24.3 Å². The summed E-state index contributed by atoms with van der Waals surface area (Å²) in [7, 11) is 1.50. The second kappa shape index (κ2) is 6.30. The minimum absolute atomic E-state index is 0.0715. The number of benzene rings is 2. The van der Waals surface area contributed by atoms with E-state index in [1.165, 1.54) is 7.11 Å². The van der Waals surface area contributed by atoms with E-state index in [2.05, 4.69) is 5.32 Å². The maximum Gasteiger partial charge on any atom is 0.256 e. The Morgan fingerprint density at radius 3 is 2.57 bits per heavy atom. The molecule has 2 amide bonds. The number of nitrogens with one attached hydrogen (secondary N) is 1. The topological polar surface area (TPSA) is 58.6 Å². The van der Waals surface area contributed by atoms with Crippen molar-refractivity contribution < 1.29 is 14.3 Å². The summed E-state index contributed by atoms with van der Waals surface area (Å²) in [5.41, 5.74) is 1.08. The summed E-state index contributed by atoms with van der Waals surface area (Å²) in [5, 5.41) is 3.54. The van der Waals surface area contributed by atoms with E-state index in [9.17, 15) is 9.59 Å². The first-order chi connectivity index (χ1) is 11.1. The molecule has 0 aromatic heterocycles. The van der Waals surface area contributed by atoms with Crippen LogP contribution in [-0.4, -0.2) is 25.0 Å². The van der Waals surface area contributed by atoms with E-state index >= 15 is 0 Å². The molecule has 2 aromatic rings. The normalized spacial score (nSPS) is 17.5. The molecule has 3 rings (SSSR count). The predicted octanol–water partition coefficient (Wildman–Crippen LogP) is 3.09. The molecule has 0 bridgehead atoms. The number of hydrogen-bond acceptors (Lipinski definition) is 4. The molecule has 1 aliphatic heterocycles. The average molecular weight is 331 g/mol. The standard InChI is InChI=1S/C17H15ClN2O3/c1-23-15-9-5-4-8-14(15)20-16(21)10-13(17(20)22)19-12-7-3-2-6-11(12)18/h2-9,13,19H,10H2,1H3/t13-/m1/s1. The summed E-state index contributed by atoms with van der Waals surface area (Å²) in [6.45, 7) is 0. The van der Waals surface area contributed by atoms with Crippen molar-refractivity contribution in [1.82, 2.24) is 0 Å². The van der Waals surface area contributed by atoms with Crippen molar-refractivity contribution in [3.63, 3.8) is 0 Å². The van der Waals surface area contributed by atoms with Crippen LogP contribution in [0.25, 0.3) is 0 Å². The zero-order valence-electron chi connectivity index (χ0n) is 12.5. The van der Waals surface area contributed by atoms with Gasteiger partial charge in [-0.1, -0.05) is 35.9 Å². The van der Waals surface area contributed by atoms with Crippen molar-refractivity contribution in [2.45, 2.75) is 12.5 Å². The van der Waals surface area contributed by atoms with Crippen LogP contribution in [0, 0.1) is 0 Å². The number of amides is 2. The van der Waals surface area contributed by atoms with Crippen molar-refractivity contribution >= 4 is 34.8 Å². The Kier molecular flexibility index (Phi) is 4.21. The summed E-state index contributed by atoms with van der Waals surface area (Å²) in [5.74, 6) is -0.115. The fourth-order valence-corrected chi connectivity index (χ4v) is 2.77. The number of hydrogen-bond donors (Lipinski definition) is 1. The van der Waals surface area contributed by atoms with E-state index < -0.39 is 6.04 Å². The number of carbonyl (C=O) groups is 2. The zero-order chi connectivity index (χ0) is 16.4. The molecule has 5 nitrogen and oxygen atoms in total. The van der Waals surface area contributed by atoms with Crippen LogP contribution in [0.3, 0.4) is 0 Å². The number of anilines is 2. The zero-order valence-corrected chi connectivity index (χ0v) is 13.2. The van der Waals surface area contributed by atoms with Crippen molar-refractivity contribution in [3.05, 3.63) is 53.6 Å². The Hall–Kier alpha value is -2.53. The van der Waals surface area contributed by atoms with Gasteiger partial charge in [-0.15, -0.1) is 0 Å². The number of nitrogens with zero attached hydrogens (tertiary/aromatic N) is 1. The van der Waals surface area contributed by atoms with Gasteiger partial charge in [0.1, 0.15) is 11.8 Å². The Morgan fingerprint density at radius 2 is 1.83 bits per heavy atom. The van der Waals surface area contributed by atoms with Crippen LogP contribution in [-0.2, 0) is 9.59 Å². The third-order valence-electron chi connectivity index (χ3n) is 3.68. The summed E-state index contributed by atoms with van der Waals surface area (Å²) in [6.07, 6.45) is 0.0715. The van der Waals surface area contributed by atoms with E-state index in [1.54, 1.807) is 42.5 Å². The van der Waals surface area contributed by atoms with E-state index in [1.807, 2.05) is 6.07 Å². The van der Waals surface area contributed by atoms with E-state index in [0.29, 0.717) is 22.1 Å². The predicted molar refractivity (Wildman–Crippen MR) is 89.0 cm³/mol. The van der Waals surface area contributed by atoms with Gasteiger partial charge in [0, 0.05) is 0 Å². The molecule has 1 fully saturated rings. The molecule has 0 radical (unpaired) electrons. The molecule has 6 heteroatoms. The minimum Gasteiger partial charge on any atom is -0.495 e. The molecule has 0 unspecified atom stereocenters. The van der Waals surface area contributed by atoms with Gasteiger partial charge in [-0.25, -0.2) is 4.90 Å². The summed E-state index contributed by atoms with van der Waals surface area (Å²) in [4.78, 5) is 26.1. The number of imide groups is 1. The molecule has 0 spiro atoms. The molecule has 1 heterocycles. The second-order valence-corrected chi connectivity index (χ2v) is 5.53. The lowest BCUT2D eigenvalue weighted by molar-refractivity contribution is -0.121. The highest BCUT2D eigenvalue weighted by atomic mass is 35.5. The summed E-state index contributed by atoms with van der Waals surface area (Å²) in [6, 6.07) is 13.4. The van der Waals surface area contributed by atoms with Gasteiger partial charge >= 0.3 is 0 Å². The number of ether oxygens (including phenoxy) is 1. The Morgan fingerprint density at radius 1 is 1.13 bits per heavy atom. The molecule has 0 saturated carbocycles. The van der Waals surface area contributed by atoms with E-state index in [4.69, 9.17) is 16.3 Å². The van der Waals surface area contributed by atoms with Gasteiger partial charge in [-0.2, -0.15) is 0 Å². The molecule has 2 aromatic carbocycles. The highest BCUT2D eigenvalue weighted by Gasteiger charge is 2.40. The minimum atomic E-state index is -0.646. The quantitative estimate of drug-likeness (QED) is 0.875. The first-order valence-electron chi connectivity index (χ1n) is 7.12. The van der Waals surface area contributed by atoms with Crippen molar-refractivity contribution in [3.8, 4) is 5.75 Å². The second-order valence-electron chi connectivity index (χ2n) is 5.12. The monoisotopic (exact) mass is 330 g/mol. The number of halogens is 1. The average Bonchev–Trinajstić information content (AvgIpc) is 2.83. The van der Waals surface area contributed by atoms with E-state index in [0.717, 1.165) is 4.90 Å². The van der Waals surface area contributed by atoms with Crippen molar-refractivity contribution in [1.29, 1.82) is 0 Å². The van der Waals surface area contributed by atoms with E-state index in [-0.39, 0.29) is 18.2 Å². The van der Waals surface area contributed by atoms with Crippen molar-refractivity contribution in [2.75, 3.05) is 17.3 Å². The first kappa shape index (κ1) is 15.4. The van der Waals surface area contributed by atoms with Crippen molar-refractivity contribution in [2.24, 2.45) is 0 Å². The molecule has 1 aliphatic rings. The SMILES string of the molecule is COc1ccccc1N1C(=O)C[C@@H](Nc2ccccc2Cl)C1=O. The Bertz CT molecular complexity index is 763. The maximum absolute atomic E-state index is 12.6. The molecule has 0 aliphatic carbocycles. The highest BCUT2D eigenvalue weighted by molar-refractivity contribution is 6.33. The third-order valence-corrected chi connectivity index (χ3v) is 4.01. The number of methoxy groups -OCH3 is 1. The smallest absolute Gasteiger partial charge is 0.256 e. The van der Waals surface area contributed by atoms with Crippen LogP contribution < -0.4 is 15.0 Å². The number of para-hydroxylation sites is 3. The van der Waals surface area contributed by atoms with Crippen LogP contribution in [0.4, 0.5) is 11.4 Å². The Balaban J connectivity index is 1.87. The fourth-order valence-electron chi connectivity index (χ4n) is 2.58. The van der Waals surface area contributed by atoms with Gasteiger partial charge in [0.15, 0.2) is 0 Å². The van der Waals surface area contributed by atoms with Crippen LogP contribution in [0.5, 0.6) is 5.75 Å². The molecular formula is C17H15ClN2O3. The van der Waals surface area contributed by atoms with Crippen LogP contribution in [0.2, 0.25) is 5.02 Å². The lowest BCUT2D eigenvalue weighted by Crippen LogP contribution is -2.35. The summed E-state index contributed by atoms with van der Waals surface area (Å²) >= 11 is 6.10. The van der Waals surface area contributed by atoms with Gasteiger partial charge in [-0.3, -0.25) is 9.59 Å². The van der Waals surface area contributed by atoms with Gasteiger partial charge < -0.3 is 10.1 Å². The van der Waals surface area contributed by atoms with Gasteiger partial charge in [0.25, 0.3) is 5.91 Å². The molecule has 1 saturated heterocycles. The van der Waals surface area contributed by atoms with Crippen LogP contribution >= 0.6 is 11.6 Å². The number of rotatable bonds is 4. The number of carbonyl (C=O) groups excluding carboxylic acids is 2. The lowest BCUT2D eigenvalue weighted by atomic mass is 10.2. The molecule has 23 heavy (non-hydrogen) atoms. The van der Waals surface area contributed by atoms with Gasteiger partial charge in [0.05, 0.1) is 29.9 Å². The fraction of sp³-hybridized carbons (Fsp3) is 0.176. The summed E-state index contributed by atoms with van der Waals surface area (Å²) < 4.78 is 5.24. The lowest BCUT2D eigenvalue weighted by Gasteiger charge is -2.18.